The van der Waals surface area contributed by atoms with Crippen molar-refractivity contribution in [1.82, 2.24) is 5.01 Å². The van der Waals surface area contributed by atoms with Gasteiger partial charge in [-0.25, -0.2) is 10.0 Å². The second-order valence-electron chi connectivity index (χ2n) is 2.52. The van der Waals surface area contributed by atoms with Gasteiger partial charge in [-0.1, -0.05) is 0 Å². The van der Waals surface area contributed by atoms with Gasteiger partial charge in [0.25, 0.3) is 0 Å². The quantitative estimate of drug-likeness (QED) is 0.367. The summed E-state index contributed by atoms with van der Waals surface area (Å²) >= 11 is 0. The Morgan fingerprint density at radius 2 is 2.36 bits per heavy atom. The van der Waals surface area contributed by atoms with Gasteiger partial charge >= 0.3 is 0 Å². The van der Waals surface area contributed by atoms with E-state index in [0.29, 0.717) is 6.04 Å². The molecule has 0 aromatic rings. The number of nitrogens with zero attached hydrogens (tertiary/aromatic N) is 3. The molecular weight excluding hydrogens is 140 g/mol. The molecule has 4 heteroatoms. The molecule has 1 N–H and O–H groups in total. The van der Waals surface area contributed by atoms with Crippen LogP contribution in [0, 0.1) is 5.41 Å². The van der Waals surface area contributed by atoms with Gasteiger partial charge < -0.3 is 0 Å². The molecule has 1 aliphatic carbocycles. The molecule has 1 aliphatic rings. The Morgan fingerprint density at radius 1 is 1.73 bits per heavy atom. The third-order valence-electron chi connectivity index (χ3n) is 1.63. The summed E-state index contributed by atoms with van der Waals surface area (Å²) in [5.41, 5.74) is 0. The van der Waals surface area contributed by atoms with Gasteiger partial charge in [0.2, 0.25) is 0 Å². The van der Waals surface area contributed by atoms with Crippen LogP contribution in [0.3, 0.4) is 0 Å². The van der Waals surface area contributed by atoms with Gasteiger partial charge in [0.05, 0.1) is 6.04 Å². The Labute approximate surface area is 66.1 Å². The lowest BCUT2D eigenvalue weighted by Crippen LogP contribution is -2.25. The summed E-state index contributed by atoms with van der Waals surface area (Å²) in [5, 5.41) is 12.3. The number of hydrogen-bond donors (Lipinski definition) is 1. The van der Waals surface area contributed by atoms with Crippen LogP contribution in [0.5, 0.6) is 0 Å². The van der Waals surface area contributed by atoms with Crippen molar-refractivity contribution < 1.29 is 0 Å². The summed E-state index contributed by atoms with van der Waals surface area (Å²) in [7, 11) is 0. The molecule has 0 saturated heterocycles. The number of rotatable bonds is 3. The molecule has 0 aliphatic heterocycles. The lowest BCUT2D eigenvalue weighted by molar-refractivity contribution is 0.437. The molecule has 0 spiro atoms. The largest absolute Gasteiger partial charge is 0.289 e. The molecule has 1 fully saturated rings. The Balaban J connectivity index is 2.59. The molecule has 0 unspecified atom stereocenters. The average molecular weight is 152 g/mol. The van der Waals surface area contributed by atoms with Crippen LogP contribution in [0.2, 0.25) is 0 Å². The summed E-state index contributed by atoms with van der Waals surface area (Å²) < 4.78 is 0. The van der Waals surface area contributed by atoms with E-state index >= 15 is 0 Å². The van der Waals surface area contributed by atoms with Crippen molar-refractivity contribution in [3.63, 3.8) is 0 Å². The van der Waals surface area contributed by atoms with E-state index in [1.165, 1.54) is 0 Å². The molecular formula is C7H12N4. The minimum Gasteiger partial charge on any atom is -0.289 e. The van der Waals surface area contributed by atoms with Gasteiger partial charge in [-0.15, -0.1) is 0 Å². The first-order chi connectivity index (χ1) is 5.29. The van der Waals surface area contributed by atoms with E-state index in [1.807, 2.05) is 6.92 Å². The predicted molar refractivity (Wildman–Crippen MR) is 46.3 cm³/mol. The van der Waals surface area contributed by atoms with Gasteiger partial charge in [-0.05, 0) is 19.8 Å². The van der Waals surface area contributed by atoms with Crippen molar-refractivity contribution in [2.75, 3.05) is 0 Å². The predicted octanol–water partition coefficient (Wildman–Crippen LogP) is 1.09. The van der Waals surface area contributed by atoms with Crippen LogP contribution < -0.4 is 0 Å². The van der Waals surface area contributed by atoms with Crippen molar-refractivity contribution in [2.24, 2.45) is 10.1 Å². The number of nitrogens with one attached hydrogen (secondary N) is 1. The van der Waals surface area contributed by atoms with Crippen molar-refractivity contribution in [3.8, 4) is 0 Å². The number of amidine groups is 1. The van der Waals surface area contributed by atoms with Crippen LogP contribution >= 0.6 is 0 Å². The van der Waals surface area contributed by atoms with Crippen molar-refractivity contribution in [2.45, 2.75) is 25.8 Å². The van der Waals surface area contributed by atoms with E-state index < -0.39 is 0 Å². The lowest BCUT2D eigenvalue weighted by Gasteiger charge is -2.15. The SMILES string of the molecule is C=NN(/C(C)=N/C=N)C1CC1. The molecule has 11 heavy (non-hydrogen) atoms. The molecule has 0 amide bonds. The summed E-state index contributed by atoms with van der Waals surface area (Å²) in [6, 6.07) is 0.483. The monoisotopic (exact) mass is 152 g/mol. The molecule has 0 radical (unpaired) electrons. The highest BCUT2D eigenvalue weighted by Crippen LogP contribution is 2.26. The standard InChI is InChI=1S/C7H12N4/c1-6(10-5-8)11(9-2)7-3-4-7/h5,7-8H,2-4H2,1H3/b8-5?,10-6+. The summed E-state index contributed by atoms with van der Waals surface area (Å²) in [5.74, 6) is 0.748. The third-order valence-corrected chi connectivity index (χ3v) is 1.63. The first-order valence-corrected chi connectivity index (χ1v) is 3.59. The normalized spacial score (nSPS) is 17.7. The Morgan fingerprint density at radius 3 is 2.73 bits per heavy atom. The maximum Gasteiger partial charge on any atom is 0.124 e. The first-order valence-electron chi connectivity index (χ1n) is 3.59. The number of hydrogen-bond acceptors (Lipinski definition) is 2. The van der Waals surface area contributed by atoms with E-state index in [2.05, 4.69) is 16.8 Å². The van der Waals surface area contributed by atoms with E-state index in [9.17, 15) is 0 Å². The van der Waals surface area contributed by atoms with Crippen LogP contribution in [0.4, 0.5) is 0 Å². The van der Waals surface area contributed by atoms with Crippen molar-refractivity contribution >= 4 is 18.9 Å². The summed E-state index contributed by atoms with van der Waals surface area (Å²) in [6.45, 7) is 5.28. The van der Waals surface area contributed by atoms with Crippen molar-refractivity contribution in [1.29, 1.82) is 5.41 Å². The average Bonchev–Trinajstić information content (AvgIpc) is 2.73. The molecule has 0 aromatic carbocycles. The Hall–Kier alpha value is -1.19. The summed E-state index contributed by atoms with van der Waals surface area (Å²) in [6.07, 6.45) is 3.34. The Kier molecular flexibility index (Phi) is 2.36. The zero-order chi connectivity index (χ0) is 8.27. The highest BCUT2D eigenvalue weighted by Gasteiger charge is 2.29. The molecule has 1 rings (SSSR count). The second-order valence-corrected chi connectivity index (χ2v) is 2.52. The number of aliphatic imine (C=N–C) groups is 1. The maximum absolute atomic E-state index is 6.76. The van der Waals surface area contributed by atoms with Crippen LogP contribution in [0.25, 0.3) is 0 Å². The molecule has 1 saturated carbocycles. The first kappa shape index (κ1) is 7.91. The fraction of sp³-hybridized carbons (Fsp3) is 0.571. The zero-order valence-corrected chi connectivity index (χ0v) is 6.62. The Bertz CT molecular complexity index is 193. The van der Waals surface area contributed by atoms with Crippen LogP contribution in [0.15, 0.2) is 10.1 Å². The highest BCUT2D eigenvalue weighted by molar-refractivity contribution is 5.86. The van der Waals surface area contributed by atoms with Crippen LogP contribution in [-0.4, -0.2) is 29.9 Å². The third kappa shape index (κ3) is 1.86. The number of hydrazone groups is 1. The topological polar surface area (TPSA) is 51.8 Å². The second kappa shape index (κ2) is 3.27. The lowest BCUT2D eigenvalue weighted by atomic mass is 10.5. The molecule has 0 bridgehead atoms. The van der Waals surface area contributed by atoms with Crippen LogP contribution in [0.1, 0.15) is 19.8 Å². The van der Waals surface area contributed by atoms with E-state index in [1.54, 1.807) is 5.01 Å². The van der Waals surface area contributed by atoms with Gasteiger partial charge in [-0.2, -0.15) is 5.10 Å². The zero-order valence-electron chi connectivity index (χ0n) is 6.62. The molecule has 0 aromatic heterocycles. The van der Waals surface area contributed by atoms with Gasteiger partial charge in [-0.3, -0.25) is 5.41 Å². The maximum atomic E-state index is 6.76. The van der Waals surface area contributed by atoms with Gasteiger partial charge in [0.1, 0.15) is 12.2 Å². The minimum atomic E-state index is 0.483. The van der Waals surface area contributed by atoms with Gasteiger partial charge in [0.15, 0.2) is 0 Å². The fourth-order valence-corrected chi connectivity index (χ4v) is 0.954. The van der Waals surface area contributed by atoms with Crippen LogP contribution in [-0.2, 0) is 0 Å². The van der Waals surface area contributed by atoms with E-state index in [0.717, 1.165) is 25.0 Å². The fourth-order valence-electron chi connectivity index (χ4n) is 0.954. The smallest absolute Gasteiger partial charge is 0.124 e. The summed E-state index contributed by atoms with van der Waals surface area (Å²) in [4.78, 5) is 3.81. The molecule has 0 atom stereocenters. The molecule has 60 valence electrons. The van der Waals surface area contributed by atoms with E-state index in [4.69, 9.17) is 5.41 Å². The highest BCUT2D eigenvalue weighted by atomic mass is 15.5. The van der Waals surface area contributed by atoms with Gasteiger partial charge in [0, 0.05) is 6.72 Å². The minimum absolute atomic E-state index is 0.483. The molecule has 0 heterocycles. The molecule has 4 nitrogen and oxygen atoms in total. The van der Waals surface area contributed by atoms with E-state index in [-0.39, 0.29) is 0 Å². The van der Waals surface area contributed by atoms with Crippen molar-refractivity contribution in [3.05, 3.63) is 0 Å².